The summed E-state index contributed by atoms with van der Waals surface area (Å²) in [5, 5.41) is 1.64. The van der Waals surface area contributed by atoms with E-state index in [0.717, 1.165) is 94.3 Å². The molecule has 3 aromatic carbocycles. The first kappa shape index (κ1) is 23.9. The second kappa shape index (κ2) is 8.80. The van der Waals surface area contributed by atoms with E-state index in [0.29, 0.717) is 0 Å². The van der Waals surface area contributed by atoms with E-state index in [1.54, 1.807) is 22.7 Å². The van der Waals surface area contributed by atoms with Crippen LogP contribution in [0.4, 0.5) is 0 Å². The number of nitrogens with zero attached hydrogens (tertiary/aromatic N) is 4. The lowest BCUT2D eigenvalue weighted by atomic mass is 10.1. The van der Waals surface area contributed by atoms with Gasteiger partial charge in [0.05, 0.1) is 40.6 Å². The molecule has 39 heavy (non-hydrogen) atoms. The molecule has 0 bridgehead atoms. The number of rotatable bonds is 2. The van der Waals surface area contributed by atoms with Gasteiger partial charge in [-0.25, -0.2) is 9.97 Å². The van der Waals surface area contributed by atoms with Crippen molar-refractivity contribution in [3.8, 4) is 0 Å². The summed E-state index contributed by atoms with van der Waals surface area (Å²) in [6, 6.07) is 16.0. The second-order valence-corrected chi connectivity index (χ2v) is 13.2. The number of thiazole rings is 2. The number of hydrogen-bond acceptors (Lipinski definition) is 11. The first-order chi connectivity index (χ1) is 19.0. The summed E-state index contributed by atoms with van der Waals surface area (Å²) in [4.78, 5) is 13.0. The highest BCUT2D eigenvalue weighted by atomic mass is 32.1. The largest absolute Gasteiger partial charge is 0.234 e. The fraction of sp³-hybridized carbons (Fsp3) is 0. The molecule has 0 radical (unpaired) electrons. The molecular weight excluding hydrogens is 617 g/mol. The fourth-order valence-corrected chi connectivity index (χ4v) is 9.17. The van der Waals surface area contributed by atoms with Crippen molar-refractivity contribution in [1.82, 2.24) is 18.7 Å². The Morgan fingerprint density at radius 2 is 0.872 bits per heavy atom. The van der Waals surface area contributed by atoms with E-state index in [1.807, 2.05) is 60.7 Å². The Morgan fingerprint density at radius 3 is 1.23 bits per heavy atom. The van der Waals surface area contributed by atoms with Crippen molar-refractivity contribution in [2.75, 3.05) is 0 Å². The molecule has 4 nitrogen and oxygen atoms in total. The van der Waals surface area contributed by atoms with Crippen molar-refractivity contribution in [2.24, 2.45) is 0 Å². The van der Waals surface area contributed by atoms with Gasteiger partial charge >= 0.3 is 0 Å². The summed E-state index contributed by atoms with van der Waals surface area (Å²) < 4.78 is 11.2. The van der Waals surface area contributed by atoms with Crippen LogP contribution in [0.3, 0.4) is 0 Å². The molecular formula is C28H10N4S7. The number of thiocarbonyl (C=S) groups is 4. The van der Waals surface area contributed by atoms with E-state index in [1.165, 1.54) is 11.7 Å². The Bertz CT molecular complexity index is 1980. The number of aromatic nitrogens is 4. The molecule has 0 N–H and O–H groups in total. The molecule has 0 atom stereocenters. The van der Waals surface area contributed by atoms with Gasteiger partial charge < -0.3 is 0 Å². The van der Waals surface area contributed by atoms with Crippen LogP contribution in [0.2, 0.25) is 0 Å². The molecule has 0 saturated carbocycles. The maximum atomic E-state index is 5.77. The third kappa shape index (κ3) is 3.48. The lowest BCUT2D eigenvalue weighted by Crippen LogP contribution is -1.97. The zero-order valence-corrected chi connectivity index (χ0v) is 25.1. The maximum Gasteiger partial charge on any atom is 0.134 e. The maximum absolute atomic E-state index is 5.77. The number of allylic oxidation sites excluding steroid dienone is 2. The predicted molar refractivity (Wildman–Crippen MR) is 179 cm³/mol. The molecule has 0 aliphatic heterocycles. The van der Waals surface area contributed by atoms with Crippen molar-refractivity contribution >= 4 is 146 Å². The highest BCUT2D eigenvalue weighted by molar-refractivity contribution is 7.84. The van der Waals surface area contributed by atoms with Gasteiger partial charge in [0.1, 0.15) is 32.1 Å². The molecule has 2 aliphatic carbocycles. The van der Waals surface area contributed by atoms with Crippen molar-refractivity contribution in [3.63, 3.8) is 0 Å². The van der Waals surface area contributed by atoms with Crippen molar-refractivity contribution in [1.29, 1.82) is 0 Å². The summed E-state index contributed by atoms with van der Waals surface area (Å²) >= 11 is 27.4. The van der Waals surface area contributed by atoms with Gasteiger partial charge in [-0.2, -0.15) is 8.75 Å². The van der Waals surface area contributed by atoms with E-state index < -0.39 is 0 Å². The first-order valence-corrected chi connectivity index (χ1v) is 15.6. The molecule has 184 valence electrons. The molecule has 0 amide bonds. The van der Waals surface area contributed by atoms with Crippen LogP contribution in [0, 0.1) is 0 Å². The topological polar surface area (TPSA) is 51.6 Å². The normalized spacial score (nSPS) is 14.8. The van der Waals surface area contributed by atoms with E-state index in [9.17, 15) is 0 Å². The van der Waals surface area contributed by atoms with E-state index in [4.69, 9.17) is 58.8 Å². The SMILES string of the molecule is S=C1C(=Cc2nc3c4nsnc4c4nc(C=C5C(=S)c6ccccc6C5=S)sc4c3s2)C(=S)c2ccccc21. The van der Waals surface area contributed by atoms with Crippen LogP contribution in [0.25, 0.3) is 43.6 Å². The van der Waals surface area contributed by atoms with Gasteiger partial charge in [-0.05, 0) is 12.2 Å². The molecule has 0 fully saturated rings. The number of fused-ring (bicyclic) bond motifs is 8. The average Bonchev–Trinajstić information content (AvgIpc) is 3.76. The van der Waals surface area contributed by atoms with Crippen LogP contribution in [-0.4, -0.2) is 38.2 Å². The molecule has 11 heteroatoms. The minimum absolute atomic E-state index is 0.757. The molecule has 6 aromatic rings. The third-order valence-corrected chi connectivity index (χ3v) is 11.2. The van der Waals surface area contributed by atoms with Gasteiger partial charge in [0.15, 0.2) is 0 Å². The summed E-state index contributed by atoms with van der Waals surface area (Å²) in [5.74, 6) is 0. The smallest absolute Gasteiger partial charge is 0.134 e. The molecule has 0 saturated heterocycles. The van der Waals surface area contributed by atoms with E-state index in [2.05, 4.69) is 8.75 Å². The van der Waals surface area contributed by atoms with Crippen molar-refractivity contribution < 1.29 is 0 Å². The van der Waals surface area contributed by atoms with E-state index >= 15 is 0 Å². The number of benzene rings is 3. The molecule has 8 rings (SSSR count). The average molecular weight is 627 g/mol. The Kier molecular flexibility index (Phi) is 5.40. The van der Waals surface area contributed by atoms with Crippen LogP contribution in [0.5, 0.6) is 0 Å². The molecule has 3 aromatic heterocycles. The second-order valence-electron chi connectivity index (χ2n) is 8.94. The standard InChI is InChI=1S/C28H10N4S7/c33-23-11-5-1-2-6-12(11)24(34)15(23)9-17-29-21-19-20(32-39-31-19)22-28(27(21)37-17)38-18(30-22)10-16-25(35)13-7-3-4-8-14(13)26(16)36/h1-10H. The van der Waals surface area contributed by atoms with E-state index in [-0.39, 0.29) is 0 Å². The van der Waals surface area contributed by atoms with Crippen LogP contribution >= 0.6 is 83.3 Å². The summed E-state index contributed by atoms with van der Waals surface area (Å²) in [6.07, 6.45) is 4.01. The zero-order valence-electron chi connectivity index (χ0n) is 19.4. The highest BCUT2D eigenvalue weighted by Crippen LogP contribution is 2.42. The van der Waals surface area contributed by atoms with Crippen LogP contribution in [0.1, 0.15) is 32.3 Å². The Labute approximate surface area is 255 Å². The van der Waals surface area contributed by atoms with Gasteiger partial charge in [-0.3, -0.25) is 0 Å². The third-order valence-electron chi connectivity index (χ3n) is 6.78. The van der Waals surface area contributed by atoms with Gasteiger partial charge in [-0.15, -0.1) is 22.7 Å². The van der Waals surface area contributed by atoms with Gasteiger partial charge in [0, 0.05) is 33.4 Å². The molecule has 0 unspecified atom stereocenters. The Morgan fingerprint density at radius 1 is 0.513 bits per heavy atom. The van der Waals surface area contributed by atoms with Crippen LogP contribution in [0.15, 0.2) is 59.7 Å². The highest BCUT2D eigenvalue weighted by Gasteiger charge is 2.28. The monoisotopic (exact) mass is 626 g/mol. The molecule has 0 spiro atoms. The van der Waals surface area contributed by atoms with Crippen LogP contribution < -0.4 is 0 Å². The molecule has 3 heterocycles. The van der Waals surface area contributed by atoms with Gasteiger partial charge in [-0.1, -0.05) is 97.4 Å². The predicted octanol–water partition coefficient (Wildman–Crippen LogP) is 7.98. The molecule has 2 aliphatic rings. The fourth-order valence-electron chi connectivity index (χ4n) is 4.98. The van der Waals surface area contributed by atoms with Crippen LogP contribution in [-0.2, 0) is 0 Å². The quantitative estimate of drug-likeness (QED) is 0.142. The lowest BCUT2D eigenvalue weighted by molar-refractivity contribution is 1.45. The summed E-state index contributed by atoms with van der Waals surface area (Å²) in [6.45, 7) is 0. The summed E-state index contributed by atoms with van der Waals surface area (Å²) in [5.41, 5.74) is 8.89. The zero-order chi connectivity index (χ0) is 26.4. The number of hydrogen-bond donors (Lipinski definition) is 0. The summed E-state index contributed by atoms with van der Waals surface area (Å²) in [7, 11) is 0. The van der Waals surface area contributed by atoms with Gasteiger partial charge in [0.2, 0.25) is 0 Å². The minimum atomic E-state index is 0.757. The lowest BCUT2D eigenvalue weighted by Gasteiger charge is -1.96. The van der Waals surface area contributed by atoms with Gasteiger partial charge in [0.25, 0.3) is 0 Å². The first-order valence-electron chi connectivity index (χ1n) is 11.6. The van der Waals surface area contributed by atoms with Crippen molar-refractivity contribution in [3.05, 3.63) is 91.9 Å². The van der Waals surface area contributed by atoms with Crippen molar-refractivity contribution in [2.45, 2.75) is 0 Å². The Balaban J connectivity index is 1.29. The Hall–Kier alpha value is -2.90. The minimum Gasteiger partial charge on any atom is -0.234 e.